The number of phenols is 1. The molecule has 4 rings (SSSR count). The lowest BCUT2D eigenvalue weighted by Crippen LogP contribution is -2.05. The summed E-state index contributed by atoms with van der Waals surface area (Å²) in [5.41, 5.74) is 5.07. The first-order chi connectivity index (χ1) is 13.5. The number of carbonyl (C=O) groups is 1. The van der Waals surface area contributed by atoms with Crippen LogP contribution in [0, 0.1) is 13.8 Å². The molecule has 4 heteroatoms. The Morgan fingerprint density at radius 2 is 1.93 bits per heavy atom. The SMILES string of the molecule is Cc1cccc(CCC(=O)c2c(C)n(Cc3cccs3)c3ccc(O)cc23)c1. The lowest BCUT2D eigenvalue weighted by atomic mass is 9.99. The van der Waals surface area contributed by atoms with Crippen LogP contribution in [-0.2, 0) is 13.0 Å². The molecule has 0 spiro atoms. The minimum Gasteiger partial charge on any atom is -0.508 e. The van der Waals surface area contributed by atoms with E-state index in [0.717, 1.165) is 35.1 Å². The summed E-state index contributed by atoms with van der Waals surface area (Å²) in [6, 6.07) is 17.8. The largest absolute Gasteiger partial charge is 0.508 e. The summed E-state index contributed by atoms with van der Waals surface area (Å²) < 4.78 is 2.18. The Balaban J connectivity index is 1.70. The first-order valence-corrected chi connectivity index (χ1v) is 10.3. The molecule has 0 fully saturated rings. The molecule has 0 unspecified atom stereocenters. The van der Waals surface area contributed by atoms with E-state index < -0.39 is 0 Å². The minimum atomic E-state index is 0.125. The number of fused-ring (bicyclic) bond motifs is 1. The summed E-state index contributed by atoms with van der Waals surface area (Å²) in [6.07, 6.45) is 1.18. The standard InChI is InChI=1S/C24H23NO2S/c1-16-5-3-6-18(13-16)8-11-23(27)24-17(2)25(15-20-7-4-12-28-20)22-10-9-19(26)14-21(22)24/h3-7,9-10,12-14,26H,8,11,15H2,1-2H3. The molecular formula is C24H23NO2S. The van der Waals surface area contributed by atoms with Gasteiger partial charge in [-0.1, -0.05) is 35.9 Å². The van der Waals surface area contributed by atoms with Crippen molar-refractivity contribution in [3.63, 3.8) is 0 Å². The number of phenolic OH excluding ortho intramolecular Hbond substituents is 1. The molecule has 2 heterocycles. The molecule has 0 aliphatic carbocycles. The molecule has 0 amide bonds. The fourth-order valence-electron chi connectivity index (χ4n) is 3.83. The number of aryl methyl sites for hydroxylation is 2. The molecule has 0 radical (unpaired) electrons. The number of carbonyl (C=O) groups excluding carboxylic acids is 1. The second-order valence-corrected chi connectivity index (χ2v) is 8.27. The highest BCUT2D eigenvalue weighted by Crippen LogP contribution is 2.31. The van der Waals surface area contributed by atoms with Crippen molar-refractivity contribution in [3.8, 4) is 5.75 Å². The Hall–Kier alpha value is -2.85. The van der Waals surface area contributed by atoms with Crippen molar-refractivity contribution in [3.05, 3.63) is 87.2 Å². The van der Waals surface area contributed by atoms with E-state index in [-0.39, 0.29) is 11.5 Å². The van der Waals surface area contributed by atoms with Gasteiger partial charge < -0.3 is 9.67 Å². The number of thiophene rings is 1. The third-order valence-corrected chi connectivity index (χ3v) is 6.06. The Morgan fingerprint density at radius 3 is 2.68 bits per heavy atom. The summed E-state index contributed by atoms with van der Waals surface area (Å²) in [5, 5.41) is 12.9. The van der Waals surface area contributed by atoms with Crippen molar-refractivity contribution in [2.75, 3.05) is 0 Å². The highest BCUT2D eigenvalue weighted by atomic mass is 32.1. The fourth-order valence-corrected chi connectivity index (χ4v) is 4.53. The van der Waals surface area contributed by atoms with Gasteiger partial charge in [0.1, 0.15) is 5.75 Å². The number of aromatic nitrogens is 1. The number of Topliss-reactive ketones (excluding diaryl/α,β-unsaturated/α-hetero) is 1. The lowest BCUT2D eigenvalue weighted by molar-refractivity contribution is 0.0983. The van der Waals surface area contributed by atoms with E-state index in [0.29, 0.717) is 6.42 Å². The topological polar surface area (TPSA) is 42.2 Å². The summed E-state index contributed by atoms with van der Waals surface area (Å²) in [6.45, 7) is 4.80. The summed E-state index contributed by atoms with van der Waals surface area (Å²) >= 11 is 1.71. The minimum absolute atomic E-state index is 0.125. The van der Waals surface area contributed by atoms with Gasteiger partial charge in [-0.3, -0.25) is 4.79 Å². The normalized spacial score (nSPS) is 11.2. The molecule has 0 saturated heterocycles. The van der Waals surface area contributed by atoms with Gasteiger partial charge in [0.05, 0.1) is 6.54 Å². The summed E-state index contributed by atoms with van der Waals surface area (Å²) in [5.74, 6) is 0.313. The summed E-state index contributed by atoms with van der Waals surface area (Å²) in [7, 11) is 0. The van der Waals surface area contributed by atoms with Crippen LogP contribution in [-0.4, -0.2) is 15.5 Å². The Labute approximate surface area is 168 Å². The number of aromatic hydroxyl groups is 1. The van der Waals surface area contributed by atoms with Crippen LogP contribution in [0.25, 0.3) is 10.9 Å². The molecular weight excluding hydrogens is 366 g/mol. The van der Waals surface area contributed by atoms with Crippen LogP contribution in [0.15, 0.2) is 60.0 Å². The van der Waals surface area contributed by atoms with Gasteiger partial charge in [-0.05, 0) is 55.5 Å². The van der Waals surface area contributed by atoms with Crippen molar-refractivity contribution in [2.45, 2.75) is 33.2 Å². The second kappa shape index (κ2) is 7.64. The maximum absolute atomic E-state index is 13.2. The van der Waals surface area contributed by atoms with Crippen LogP contribution in [0.1, 0.15) is 38.5 Å². The van der Waals surface area contributed by atoms with E-state index in [1.54, 1.807) is 23.5 Å². The molecule has 28 heavy (non-hydrogen) atoms. The highest BCUT2D eigenvalue weighted by molar-refractivity contribution is 7.09. The Morgan fingerprint density at radius 1 is 1.07 bits per heavy atom. The molecule has 0 atom stereocenters. The number of hydrogen-bond donors (Lipinski definition) is 1. The molecule has 0 aliphatic heterocycles. The van der Waals surface area contributed by atoms with Crippen molar-refractivity contribution >= 4 is 28.0 Å². The van der Waals surface area contributed by atoms with Gasteiger partial charge >= 0.3 is 0 Å². The van der Waals surface area contributed by atoms with Gasteiger partial charge in [0.25, 0.3) is 0 Å². The molecule has 0 aliphatic rings. The predicted octanol–water partition coefficient (Wildman–Crippen LogP) is 5.89. The molecule has 3 nitrogen and oxygen atoms in total. The molecule has 1 N–H and O–H groups in total. The van der Waals surface area contributed by atoms with Crippen LogP contribution >= 0.6 is 11.3 Å². The van der Waals surface area contributed by atoms with E-state index in [1.807, 2.05) is 25.1 Å². The fraction of sp³-hybridized carbons (Fsp3) is 0.208. The quantitative estimate of drug-likeness (QED) is 0.418. The maximum atomic E-state index is 13.2. The Kier molecular flexibility index (Phi) is 5.05. The van der Waals surface area contributed by atoms with Crippen LogP contribution in [0.5, 0.6) is 5.75 Å². The van der Waals surface area contributed by atoms with Gasteiger partial charge in [-0.2, -0.15) is 0 Å². The van der Waals surface area contributed by atoms with Crippen LogP contribution in [0.3, 0.4) is 0 Å². The van der Waals surface area contributed by atoms with Crippen LogP contribution in [0.4, 0.5) is 0 Å². The zero-order chi connectivity index (χ0) is 19.7. The van der Waals surface area contributed by atoms with Crippen molar-refractivity contribution in [1.82, 2.24) is 4.57 Å². The van der Waals surface area contributed by atoms with E-state index in [4.69, 9.17) is 0 Å². The van der Waals surface area contributed by atoms with E-state index in [2.05, 4.69) is 41.1 Å². The van der Waals surface area contributed by atoms with Crippen LogP contribution < -0.4 is 0 Å². The smallest absolute Gasteiger partial charge is 0.165 e. The third kappa shape index (κ3) is 3.60. The van der Waals surface area contributed by atoms with E-state index in [1.165, 1.54) is 16.0 Å². The average molecular weight is 390 g/mol. The number of nitrogens with zero attached hydrogens (tertiary/aromatic N) is 1. The highest BCUT2D eigenvalue weighted by Gasteiger charge is 2.20. The van der Waals surface area contributed by atoms with Crippen molar-refractivity contribution in [2.24, 2.45) is 0 Å². The zero-order valence-electron chi connectivity index (χ0n) is 16.1. The van der Waals surface area contributed by atoms with Gasteiger partial charge in [0, 0.05) is 33.5 Å². The molecule has 0 saturated carbocycles. The molecule has 2 aromatic heterocycles. The monoisotopic (exact) mass is 389 g/mol. The maximum Gasteiger partial charge on any atom is 0.165 e. The van der Waals surface area contributed by atoms with Gasteiger partial charge in [-0.25, -0.2) is 0 Å². The number of benzene rings is 2. The Bertz CT molecular complexity index is 1140. The zero-order valence-corrected chi connectivity index (χ0v) is 16.9. The first kappa shape index (κ1) is 18.5. The molecule has 142 valence electrons. The molecule has 4 aromatic rings. The van der Waals surface area contributed by atoms with Crippen molar-refractivity contribution < 1.29 is 9.90 Å². The molecule has 2 aromatic carbocycles. The van der Waals surface area contributed by atoms with E-state index >= 15 is 0 Å². The van der Waals surface area contributed by atoms with Crippen molar-refractivity contribution in [1.29, 1.82) is 0 Å². The van der Waals surface area contributed by atoms with Gasteiger partial charge in [-0.15, -0.1) is 11.3 Å². The average Bonchev–Trinajstić information content (AvgIpc) is 3.27. The predicted molar refractivity (Wildman–Crippen MR) is 116 cm³/mol. The van der Waals surface area contributed by atoms with Crippen LogP contribution in [0.2, 0.25) is 0 Å². The summed E-state index contributed by atoms with van der Waals surface area (Å²) in [4.78, 5) is 14.4. The number of hydrogen-bond acceptors (Lipinski definition) is 3. The number of ketones is 1. The molecule has 0 bridgehead atoms. The van der Waals surface area contributed by atoms with Gasteiger partial charge in [0.15, 0.2) is 5.78 Å². The third-order valence-electron chi connectivity index (χ3n) is 5.20. The number of rotatable bonds is 6. The van der Waals surface area contributed by atoms with E-state index in [9.17, 15) is 9.90 Å². The van der Waals surface area contributed by atoms with Gasteiger partial charge in [0.2, 0.25) is 0 Å². The lowest BCUT2D eigenvalue weighted by Gasteiger charge is -2.07. The second-order valence-electron chi connectivity index (χ2n) is 7.24. The first-order valence-electron chi connectivity index (χ1n) is 9.46.